The molecule has 2 atom stereocenters. The van der Waals surface area contributed by atoms with Gasteiger partial charge in [-0.05, 0) is 61.9 Å². The Morgan fingerprint density at radius 3 is 2.41 bits per heavy atom. The predicted molar refractivity (Wildman–Crippen MR) is 111 cm³/mol. The van der Waals surface area contributed by atoms with E-state index in [-0.39, 0.29) is 5.91 Å². The smallest absolute Gasteiger partial charge is 0.259 e. The van der Waals surface area contributed by atoms with Crippen LogP contribution >= 0.6 is 0 Å². The minimum Gasteiger partial charge on any atom is -0.304 e. The number of hydrogen-bond donors (Lipinski definition) is 0. The second-order valence-corrected chi connectivity index (χ2v) is 8.09. The van der Waals surface area contributed by atoms with E-state index in [1.807, 2.05) is 26.0 Å². The zero-order chi connectivity index (χ0) is 20.7. The molecule has 2 aliphatic rings. The Bertz CT molecular complexity index is 953. The van der Waals surface area contributed by atoms with Gasteiger partial charge in [0, 0.05) is 37.4 Å². The summed E-state index contributed by atoms with van der Waals surface area (Å²) in [6.45, 7) is 7.22. The molecule has 1 amide bonds. The third-order valence-electron chi connectivity index (χ3n) is 6.22. The predicted octanol–water partition coefficient (Wildman–Crippen LogP) is 2.96. The van der Waals surface area contributed by atoms with E-state index >= 15 is 0 Å². The lowest BCUT2D eigenvalue weighted by Crippen LogP contribution is -2.53. The van der Waals surface area contributed by atoms with Gasteiger partial charge in [0.2, 0.25) is 0 Å². The number of aryl methyl sites for hydroxylation is 2. The Morgan fingerprint density at radius 1 is 1.07 bits per heavy atom. The van der Waals surface area contributed by atoms with Gasteiger partial charge >= 0.3 is 0 Å². The summed E-state index contributed by atoms with van der Waals surface area (Å²) in [6, 6.07) is 9.00. The minimum atomic E-state index is -0.487. The Hall–Kier alpha value is -2.57. The first-order valence-corrected chi connectivity index (χ1v) is 9.99. The standard InChI is InChI=1S/C23H26FN3O2/c1-15-11-19-20(12-16(15)2)23(29)27(18-6-4-5-17(24)13-18)22(19)21(14-28)26-9-7-25(3)8-10-26/h4-6,11-14,21-22H,7-10H2,1-3H3. The van der Waals surface area contributed by atoms with E-state index < -0.39 is 17.9 Å². The summed E-state index contributed by atoms with van der Waals surface area (Å²) in [5.74, 6) is -0.584. The molecule has 2 unspecified atom stereocenters. The van der Waals surface area contributed by atoms with Crippen LogP contribution in [0.4, 0.5) is 10.1 Å². The van der Waals surface area contributed by atoms with Gasteiger partial charge in [-0.3, -0.25) is 14.6 Å². The number of piperazine rings is 1. The van der Waals surface area contributed by atoms with Gasteiger partial charge in [0.05, 0.1) is 12.1 Å². The Kier molecular flexibility index (Phi) is 5.23. The summed E-state index contributed by atoms with van der Waals surface area (Å²) in [5.41, 5.74) is 4.03. The Balaban J connectivity index is 1.83. The molecule has 2 aromatic carbocycles. The third kappa shape index (κ3) is 3.47. The van der Waals surface area contributed by atoms with Crippen LogP contribution in [0.25, 0.3) is 0 Å². The van der Waals surface area contributed by atoms with Crippen LogP contribution in [-0.2, 0) is 4.79 Å². The molecule has 0 N–H and O–H groups in total. The molecule has 1 saturated heterocycles. The molecule has 0 radical (unpaired) electrons. The number of halogens is 1. The second kappa shape index (κ2) is 7.69. The van der Waals surface area contributed by atoms with Crippen LogP contribution in [0.1, 0.15) is 33.1 Å². The number of amides is 1. The number of rotatable bonds is 4. The lowest BCUT2D eigenvalue weighted by atomic mass is 9.93. The summed E-state index contributed by atoms with van der Waals surface area (Å²) < 4.78 is 14.0. The zero-order valence-corrected chi connectivity index (χ0v) is 17.1. The number of hydrogen-bond acceptors (Lipinski definition) is 4. The van der Waals surface area contributed by atoms with Gasteiger partial charge in [0.15, 0.2) is 0 Å². The number of likely N-dealkylation sites (N-methyl/N-ethyl adjacent to an activating group) is 1. The molecular weight excluding hydrogens is 369 g/mol. The maximum Gasteiger partial charge on any atom is 0.259 e. The first-order chi connectivity index (χ1) is 13.9. The fourth-order valence-corrected chi connectivity index (χ4v) is 4.38. The van der Waals surface area contributed by atoms with Crippen LogP contribution in [0.5, 0.6) is 0 Å². The number of anilines is 1. The quantitative estimate of drug-likeness (QED) is 0.747. The number of aldehydes is 1. The highest BCUT2D eigenvalue weighted by Gasteiger charge is 2.44. The maximum atomic E-state index is 14.0. The van der Waals surface area contributed by atoms with Gasteiger partial charge in [-0.2, -0.15) is 0 Å². The first kappa shape index (κ1) is 19.7. The van der Waals surface area contributed by atoms with Crippen molar-refractivity contribution in [2.75, 3.05) is 38.1 Å². The molecular formula is C23H26FN3O2. The zero-order valence-electron chi connectivity index (χ0n) is 17.1. The molecule has 5 nitrogen and oxygen atoms in total. The van der Waals surface area contributed by atoms with Crippen molar-refractivity contribution in [1.82, 2.24) is 9.80 Å². The van der Waals surface area contributed by atoms with E-state index in [9.17, 15) is 14.0 Å². The molecule has 0 aromatic heterocycles. The van der Waals surface area contributed by atoms with Crippen molar-refractivity contribution in [3.63, 3.8) is 0 Å². The lowest BCUT2D eigenvalue weighted by molar-refractivity contribution is -0.113. The van der Waals surface area contributed by atoms with Crippen LogP contribution in [-0.4, -0.2) is 61.3 Å². The van der Waals surface area contributed by atoms with Crippen molar-refractivity contribution in [2.45, 2.75) is 25.9 Å². The summed E-state index contributed by atoms with van der Waals surface area (Å²) in [5, 5.41) is 0. The molecule has 29 heavy (non-hydrogen) atoms. The molecule has 1 fully saturated rings. The van der Waals surface area contributed by atoms with E-state index in [0.717, 1.165) is 49.2 Å². The normalized spacial score (nSPS) is 21.3. The summed E-state index contributed by atoms with van der Waals surface area (Å²) in [7, 11) is 2.06. The maximum absolute atomic E-state index is 14.0. The topological polar surface area (TPSA) is 43.9 Å². The average molecular weight is 395 g/mol. The molecule has 4 rings (SSSR count). The number of benzene rings is 2. The fraction of sp³-hybridized carbons (Fsp3) is 0.391. The van der Waals surface area contributed by atoms with Crippen molar-refractivity contribution in [2.24, 2.45) is 0 Å². The van der Waals surface area contributed by atoms with Crippen molar-refractivity contribution in [3.05, 3.63) is 64.5 Å². The SMILES string of the molecule is Cc1cc2c(cc1C)C(C(C=O)N1CCN(C)CC1)N(c1cccc(F)c1)C2=O. The average Bonchev–Trinajstić information content (AvgIpc) is 2.96. The highest BCUT2D eigenvalue weighted by Crippen LogP contribution is 2.41. The van der Waals surface area contributed by atoms with Gasteiger partial charge in [-0.15, -0.1) is 0 Å². The molecule has 6 heteroatoms. The van der Waals surface area contributed by atoms with Gasteiger partial charge in [-0.25, -0.2) is 4.39 Å². The van der Waals surface area contributed by atoms with Crippen LogP contribution in [0.2, 0.25) is 0 Å². The Labute approximate surface area is 170 Å². The number of fused-ring (bicyclic) bond motifs is 1. The van der Waals surface area contributed by atoms with E-state index in [4.69, 9.17) is 0 Å². The van der Waals surface area contributed by atoms with Gasteiger partial charge < -0.3 is 9.69 Å². The molecule has 0 bridgehead atoms. The number of carbonyl (C=O) groups is 2. The van der Waals surface area contributed by atoms with E-state index in [1.165, 1.54) is 12.1 Å². The second-order valence-electron chi connectivity index (χ2n) is 8.09. The monoisotopic (exact) mass is 395 g/mol. The van der Waals surface area contributed by atoms with Gasteiger partial charge in [0.25, 0.3) is 5.91 Å². The molecule has 0 spiro atoms. The molecule has 152 valence electrons. The van der Waals surface area contributed by atoms with Crippen LogP contribution in [0.3, 0.4) is 0 Å². The molecule has 0 saturated carbocycles. The summed E-state index contributed by atoms with van der Waals surface area (Å²) in [4.78, 5) is 31.7. The first-order valence-electron chi connectivity index (χ1n) is 9.99. The number of nitrogens with zero attached hydrogens (tertiary/aromatic N) is 3. The highest BCUT2D eigenvalue weighted by atomic mass is 19.1. The van der Waals surface area contributed by atoms with Crippen LogP contribution in [0, 0.1) is 19.7 Å². The van der Waals surface area contributed by atoms with Crippen molar-refractivity contribution in [3.8, 4) is 0 Å². The van der Waals surface area contributed by atoms with E-state index in [0.29, 0.717) is 11.3 Å². The van der Waals surface area contributed by atoms with Crippen LogP contribution < -0.4 is 4.90 Å². The molecule has 2 aliphatic heterocycles. The minimum absolute atomic E-state index is 0.181. The fourth-order valence-electron chi connectivity index (χ4n) is 4.38. The van der Waals surface area contributed by atoms with E-state index in [2.05, 4.69) is 16.8 Å². The number of carbonyl (C=O) groups excluding carboxylic acids is 2. The summed E-state index contributed by atoms with van der Waals surface area (Å²) in [6.07, 6.45) is 0.944. The van der Waals surface area contributed by atoms with Gasteiger partial charge in [0.1, 0.15) is 12.1 Å². The summed E-state index contributed by atoms with van der Waals surface area (Å²) >= 11 is 0. The van der Waals surface area contributed by atoms with Crippen molar-refractivity contribution < 1.29 is 14.0 Å². The molecule has 2 heterocycles. The van der Waals surface area contributed by atoms with Crippen LogP contribution in [0.15, 0.2) is 36.4 Å². The molecule has 0 aliphatic carbocycles. The van der Waals surface area contributed by atoms with Gasteiger partial charge in [-0.1, -0.05) is 12.1 Å². The largest absolute Gasteiger partial charge is 0.304 e. The molecule has 2 aromatic rings. The van der Waals surface area contributed by atoms with Crippen molar-refractivity contribution >= 4 is 17.9 Å². The lowest BCUT2D eigenvalue weighted by Gasteiger charge is -2.40. The Morgan fingerprint density at radius 2 is 1.76 bits per heavy atom. The van der Waals surface area contributed by atoms with E-state index in [1.54, 1.807) is 17.0 Å². The van der Waals surface area contributed by atoms with Crippen molar-refractivity contribution in [1.29, 1.82) is 0 Å². The highest BCUT2D eigenvalue weighted by molar-refractivity contribution is 6.11. The third-order valence-corrected chi connectivity index (χ3v) is 6.22.